The van der Waals surface area contributed by atoms with Gasteiger partial charge >= 0.3 is 0 Å². The summed E-state index contributed by atoms with van der Waals surface area (Å²) >= 11 is 0. The molecule has 0 spiro atoms. The van der Waals surface area contributed by atoms with E-state index in [0.29, 0.717) is 25.5 Å². The van der Waals surface area contributed by atoms with E-state index in [-0.39, 0.29) is 5.75 Å². The fourth-order valence-corrected chi connectivity index (χ4v) is 2.40. The van der Waals surface area contributed by atoms with Crippen molar-refractivity contribution in [2.24, 2.45) is 0 Å². The number of sulfonamides is 1. The Morgan fingerprint density at radius 1 is 1.24 bits per heavy atom. The minimum Gasteiger partial charge on any atom is -0.353 e. The number of unbranched alkanes of at least 4 members (excludes halogenated alkanes) is 1. The Morgan fingerprint density at radius 2 is 1.94 bits per heavy atom. The van der Waals surface area contributed by atoms with Crippen LogP contribution in [0.4, 0.5) is 5.95 Å². The van der Waals surface area contributed by atoms with Gasteiger partial charge in [0, 0.05) is 25.5 Å². The zero-order chi connectivity index (χ0) is 12.6. The minimum absolute atomic E-state index is 0.186. The average molecular weight is 258 g/mol. The van der Waals surface area contributed by atoms with Gasteiger partial charge in [-0.3, -0.25) is 0 Å². The maximum Gasteiger partial charge on any atom is 0.222 e. The molecule has 1 rings (SSSR count). The first-order chi connectivity index (χ1) is 8.14. The van der Waals surface area contributed by atoms with E-state index in [1.165, 1.54) is 0 Å². The first kappa shape index (κ1) is 13.9. The molecule has 1 aromatic rings. The maximum atomic E-state index is 11.4. The lowest BCUT2D eigenvalue weighted by Crippen LogP contribution is -2.31. The van der Waals surface area contributed by atoms with Crippen molar-refractivity contribution in [2.75, 3.05) is 24.2 Å². The Hall–Kier alpha value is -1.21. The number of hydrogen-bond donors (Lipinski definition) is 2. The quantitative estimate of drug-likeness (QED) is 0.667. The van der Waals surface area contributed by atoms with Crippen LogP contribution in [0.3, 0.4) is 0 Å². The summed E-state index contributed by atoms with van der Waals surface area (Å²) in [5.41, 5.74) is 0. The second-order valence-corrected chi connectivity index (χ2v) is 5.49. The molecule has 0 aliphatic carbocycles. The van der Waals surface area contributed by atoms with Crippen LogP contribution in [0.1, 0.15) is 19.8 Å². The average Bonchev–Trinajstić information content (AvgIpc) is 2.34. The van der Waals surface area contributed by atoms with Crippen LogP contribution >= 0.6 is 0 Å². The zero-order valence-corrected chi connectivity index (χ0v) is 10.7. The number of rotatable bonds is 8. The summed E-state index contributed by atoms with van der Waals surface area (Å²) in [6.07, 6.45) is 4.81. The van der Waals surface area contributed by atoms with Crippen molar-refractivity contribution in [1.29, 1.82) is 0 Å². The van der Waals surface area contributed by atoms with Crippen molar-refractivity contribution in [2.45, 2.75) is 19.8 Å². The zero-order valence-electron chi connectivity index (χ0n) is 9.89. The standard InChI is InChI=1S/C10H18N4O2S/c1-2-3-9-17(15,16)14-8-7-13-10-11-5-4-6-12-10/h4-6,14H,2-3,7-9H2,1H3,(H,11,12,13). The third kappa shape index (κ3) is 6.18. The first-order valence-electron chi connectivity index (χ1n) is 5.62. The molecule has 0 saturated carbocycles. The molecule has 0 saturated heterocycles. The summed E-state index contributed by atoms with van der Waals surface area (Å²) in [5.74, 6) is 0.686. The molecule has 0 aliphatic heterocycles. The third-order valence-electron chi connectivity index (χ3n) is 2.06. The van der Waals surface area contributed by atoms with E-state index >= 15 is 0 Å². The molecule has 2 N–H and O–H groups in total. The predicted octanol–water partition coefficient (Wildman–Crippen LogP) is 0.608. The lowest BCUT2D eigenvalue weighted by molar-refractivity contribution is 0.579. The molecular formula is C10H18N4O2S. The summed E-state index contributed by atoms with van der Waals surface area (Å²) < 4.78 is 25.4. The third-order valence-corrected chi connectivity index (χ3v) is 3.53. The fraction of sp³-hybridized carbons (Fsp3) is 0.600. The molecule has 0 radical (unpaired) electrons. The van der Waals surface area contributed by atoms with Gasteiger partial charge in [-0.1, -0.05) is 13.3 Å². The number of nitrogens with zero attached hydrogens (tertiary/aromatic N) is 2. The molecule has 0 bridgehead atoms. The summed E-state index contributed by atoms with van der Waals surface area (Å²) in [6, 6.07) is 1.72. The van der Waals surface area contributed by atoms with Crippen LogP contribution in [0.15, 0.2) is 18.5 Å². The highest BCUT2D eigenvalue weighted by molar-refractivity contribution is 7.89. The molecule has 6 nitrogen and oxygen atoms in total. The first-order valence-corrected chi connectivity index (χ1v) is 7.27. The lowest BCUT2D eigenvalue weighted by Gasteiger charge is -2.06. The highest BCUT2D eigenvalue weighted by Gasteiger charge is 2.07. The van der Waals surface area contributed by atoms with Gasteiger partial charge in [0.25, 0.3) is 0 Å². The topological polar surface area (TPSA) is 84.0 Å². The number of aromatic nitrogens is 2. The summed E-state index contributed by atoms with van der Waals surface area (Å²) in [4.78, 5) is 7.93. The Bertz CT molecular complexity index is 408. The second-order valence-electron chi connectivity index (χ2n) is 3.57. The number of anilines is 1. The van der Waals surface area contributed by atoms with Crippen molar-refractivity contribution in [3.63, 3.8) is 0 Å². The highest BCUT2D eigenvalue weighted by Crippen LogP contribution is 1.94. The van der Waals surface area contributed by atoms with Crippen LogP contribution in [0, 0.1) is 0 Å². The monoisotopic (exact) mass is 258 g/mol. The van der Waals surface area contributed by atoms with Crippen LogP contribution < -0.4 is 10.0 Å². The van der Waals surface area contributed by atoms with Crippen LogP contribution in [-0.2, 0) is 10.0 Å². The lowest BCUT2D eigenvalue weighted by atomic mass is 10.4. The molecular weight excluding hydrogens is 240 g/mol. The fourth-order valence-electron chi connectivity index (χ4n) is 1.18. The van der Waals surface area contributed by atoms with Gasteiger partial charge in [0.05, 0.1) is 5.75 Å². The van der Waals surface area contributed by atoms with Crippen molar-refractivity contribution in [3.05, 3.63) is 18.5 Å². The highest BCUT2D eigenvalue weighted by atomic mass is 32.2. The van der Waals surface area contributed by atoms with Gasteiger partial charge < -0.3 is 5.32 Å². The smallest absolute Gasteiger partial charge is 0.222 e. The number of hydrogen-bond acceptors (Lipinski definition) is 5. The summed E-state index contributed by atoms with van der Waals surface area (Å²) in [5, 5.41) is 2.92. The summed E-state index contributed by atoms with van der Waals surface area (Å²) in [7, 11) is -3.13. The van der Waals surface area contributed by atoms with Crippen molar-refractivity contribution in [3.8, 4) is 0 Å². The Kier molecular flexibility index (Phi) is 5.85. The molecule has 0 atom stereocenters. The molecule has 1 heterocycles. The van der Waals surface area contributed by atoms with E-state index in [1.807, 2.05) is 6.92 Å². The van der Waals surface area contributed by atoms with Crippen molar-refractivity contribution in [1.82, 2.24) is 14.7 Å². The molecule has 1 aromatic heterocycles. The van der Waals surface area contributed by atoms with E-state index < -0.39 is 10.0 Å². The molecule has 7 heteroatoms. The van der Waals surface area contributed by atoms with E-state index in [2.05, 4.69) is 20.0 Å². The molecule has 17 heavy (non-hydrogen) atoms. The Labute approximate surface area is 102 Å². The molecule has 0 unspecified atom stereocenters. The van der Waals surface area contributed by atoms with Crippen LogP contribution in [0.25, 0.3) is 0 Å². The van der Waals surface area contributed by atoms with Gasteiger partial charge in [0.15, 0.2) is 0 Å². The number of nitrogens with one attached hydrogen (secondary N) is 2. The maximum absolute atomic E-state index is 11.4. The van der Waals surface area contributed by atoms with Crippen LogP contribution in [-0.4, -0.2) is 37.2 Å². The molecule has 0 aliphatic rings. The molecule has 0 amide bonds. The molecule has 0 fully saturated rings. The largest absolute Gasteiger partial charge is 0.353 e. The van der Waals surface area contributed by atoms with E-state index in [9.17, 15) is 8.42 Å². The Balaban J connectivity index is 2.20. The van der Waals surface area contributed by atoms with E-state index in [4.69, 9.17) is 0 Å². The minimum atomic E-state index is -3.13. The van der Waals surface area contributed by atoms with Gasteiger partial charge in [0.2, 0.25) is 16.0 Å². The van der Waals surface area contributed by atoms with Crippen molar-refractivity contribution < 1.29 is 8.42 Å². The van der Waals surface area contributed by atoms with Gasteiger partial charge in [0.1, 0.15) is 0 Å². The normalized spacial score (nSPS) is 11.4. The van der Waals surface area contributed by atoms with Gasteiger partial charge in [-0.05, 0) is 12.5 Å². The van der Waals surface area contributed by atoms with Gasteiger partial charge in [-0.2, -0.15) is 0 Å². The van der Waals surface area contributed by atoms with Crippen molar-refractivity contribution >= 4 is 16.0 Å². The summed E-state index contributed by atoms with van der Waals surface area (Å²) in [6.45, 7) is 2.77. The Morgan fingerprint density at radius 3 is 2.59 bits per heavy atom. The van der Waals surface area contributed by atoms with Gasteiger partial charge in [-0.25, -0.2) is 23.1 Å². The molecule has 0 aromatic carbocycles. The van der Waals surface area contributed by atoms with Gasteiger partial charge in [-0.15, -0.1) is 0 Å². The second kappa shape index (κ2) is 7.18. The van der Waals surface area contributed by atoms with E-state index in [1.54, 1.807) is 18.5 Å². The molecule has 96 valence electrons. The van der Waals surface area contributed by atoms with E-state index in [0.717, 1.165) is 6.42 Å². The predicted molar refractivity (Wildman–Crippen MR) is 67.2 cm³/mol. The van der Waals surface area contributed by atoms with Crippen LogP contribution in [0.5, 0.6) is 0 Å². The SMILES string of the molecule is CCCCS(=O)(=O)NCCNc1ncccn1. The van der Waals surface area contributed by atoms with Crippen LogP contribution in [0.2, 0.25) is 0 Å².